The average molecular weight is 300 g/mol. The van der Waals surface area contributed by atoms with Gasteiger partial charge in [0, 0.05) is 36.8 Å². The Labute approximate surface area is 132 Å². The summed E-state index contributed by atoms with van der Waals surface area (Å²) in [5, 5.41) is 0. The van der Waals surface area contributed by atoms with E-state index in [4.69, 9.17) is 0 Å². The van der Waals surface area contributed by atoms with Crippen molar-refractivity contribution in [1.82, 2.24) is 4.90 Å². The molecule has 1 saturated heterocycles. The number of amides is 2. The van der Waals surface area contributed by atoms with Gasteiger partial charge in [-0.25, -0.2) is 0 Å². The number of hydrogen-bond acceptors (Lipinski definition) is 2. The largest absolute Gasteiger partial charge is 0.339 e. The van der Waals surface area contributed by atoms with E-state index < -0.39 is 0 Å². The van der Waals surface area contributed by atoms with E-state index in [2.05, 4.69) is 0 Å². The highest BCUT2D eigenvalue weighted by Crippen LogP contribution is 2.31. The van der Waals surface area contributed by atoms with Crippen LogP contribution in [0.1, 0.15) is 49.0 Å². The van der Waals surface area contributed by atoms with Crippen LogP contribution in [0, 0.1) is 5.92 Å². The molecule has 0 radical (unpaired) electrons. The van der Waals surface area contributed by atoms with Gasteiger partial charge in [0.1, 0.15) is 0 Å². The van der Waals surface area contributed by atoms with Crippen LogP contribution in [0.4, 0.5) is 5.69 Å². The zero-order valence-electron chi connectivity index (χ0n) is 13.5. The highest BCUT2D eigenvalue weighted by atomic mass is 16.2. The van der Waals surface area contributed by atoms with E-state index in [1.54, 1.807) is 0 Å². The van der Waals surface area contributed by atoms with Crippen molar-refractivity contribution in [2.45, 2.75) is 39.5 Å². The lowest BCUT2D eigenvalue weighted by Gasteiger charge is -2.27. The lowest BCUT2D eigenvalue weighted by molar-refractivity contribution is -0.121. The molecule has 0 aliphatic carbocycles. The smallest absolute Gasteiger partial charge is 0.253 e. The maximum atomic E-state index is 12.6. The van der Waals surface area contributed by atoms with E-state index in [9.17, 15) is 9.59 Å². The third-order valence-corrected chi connectivity index (χ3v) is 4.63. The Bertz CT molecular complexity index is 589. The number of benzene rings is 1. The molecule has 0 saturated carbocycles. The molecule has 4 nitrogen and oxygen atoms in total. The van der Waals surface area contributed by atoms with Crippen molar-refractivity contribution in [2.24, 2.45) is 5.92 Å². The first-order chi connectivity index (χ1) is 10.6. The summed E-state index contributed by atoms with van der Waals surface area (Å²) in [4.78, 5) is 28.7. The van der Waals surface area contributed by atoms with Crippen LogP contribution in [0.2, 0.25) is 0 Å². The summed E-state index contributed by atoms with van der Waals surface area (Å²) in [7, 11) is 0. The zero-order valence-corrected chi connectivity index (χ0v) is 13.5. The molecular weight excluding hydrogens is 276 g/mol. The standard InChI is InChI=1S/C18H24N2O2/c1-13(2)17(21)20-11-8-14-6-7-15(12-16(14)20)18(22)19-9-4-3-5-10-19/h6-7,12-13H,3-5,8-11H2,1-2H3. The van der Waals surface area contributed by atoms with Gasteiger partial charge < -0.3 is 9.80 Å². The SMILES string of the molecule is CC(C)C(=O)N1CCc2ccc(C(=O)N3CCCCC3)cc21. The molecule has 2 aliphatic heterocycles. The normalized spacial score (nSPS) is 17.8. The van der Waals surface area contributed by atoms with Crippen molar-refractivity contribution < 1.29 is 9.59 Å². The van der Waals surface area contributed by atoms with Gasteiger partial charge in [0.25, 0.3) is 5.91 Å². The fraction of sp³-hybridized carbons (Fsp3) is 0.556. The molecule has 2 amide bonds. The average Bonchev–Trinajstić information content (AvgIpc) is 2.97. The van der Waals surface area contributed by atoms with Crippen molar-refractivity contribution in [1.29, 1.82) is 0 Å². The highest BCUT2D eigenvalue weighted by molar-refractivity contribution is 6.00. The van der Waals surface area contributed by atoms with Gasteiger partial charge in [-0.1, -0.05) is 19.9 Å². The molecule has 3 rings (SSSR count). The van der Waals surface area contributed by atoms with E-state index in [1.165, 1.54) is 12.0 Å². The van der Waals surface area contributed by atoms with Crippen LogP contribution < -0.4 is 4.90 Å². The minimum atomic E-state index is -0.0209. The Hall–Kier alpha value is -1.84. The van der Waals surface area contributed by atoms with Crippen molar-refractivity contribution in [3.63, 3.8) is 0 Å². The lowest BCUT2D eigenvalue weighted by atomic mass is 10.1. The topological polar surface area (TPSA) is 40.6 Å². The van der Waals surface area contributed by atoms with Gasteiger partial charge >= 0.3 is 0 Å². The van der Waals surface area contributed by atoms with E-state index in [0.29, 0.717) is 5.56 Å². The summed E-state index contributed by atoms with van der Waals surface area (Å²) < 4.78 is 0. The molecule has 118 valence electrons. The summed E-state index contributed by atoms with van der Waals surface area (Å²) in [5.41, 5.74) is 2.81. The molecule has 0 aromatic heterocycles. The van der Waals surface area contributed by atoms with Crippen LogP contribution in [-0.2, 0) is 11.2 Å². The molecule has 22 heavy (non-hydrogen) atoms. The molecular formula is C18H24N2O2. The Morgan fingerprint density at radius 1 is 1.05 bits per heavy atom. The second-order valence-corrected chi connectivity index (χ2v) is 6.59. The second-order valence-electron chi connectivity index (χ2n) is 6.59. The van der Waals surface area contributed by atoms with Gasteiger partial charge in [0.05, 0.1) is 0 Å². The minimum absolute atomic E-state index is 0.0209. The van der Waals surface area contributed by atoms with E-state index in [-0.39, 0.29) is 17.7 Å². The van der Waals surface area contributed by atoms with Gasteiger partial charge in [0.15, 0.2) is 0 Å². The van der Waals surface area contributed by atoms with Crippen LogP contribution in [0.5, 0.6) is 0 Å². The summed E-state index contributed by atoms with van der Waals surface area (Å²) in [6.07, 6.45) is 4.28. The summed E-state index contributed by atoms with van der Waals surface area (Å²) in [5.74, 6) is 0.222. The maximum absolute atomic E-state index is 12.6. The monoisotopic (exact) mass is 300 g/mol. The number of nitrogens with zero attached hydrogens (tertiary/aromatic N) is 2. The lowest BCUT2D eigenvalue weighted by Crippen LogP contribution is -2.36. The quantitative estimate of drug-likeness (QED) is 0.842. The molecule has 2 heterocycles. The molecule has 0 atom stereocenters. The predicted molar refractivity (Wildman–Crippen MR) is 87.1 cm³/mol. The summed E-state index contributed by atoms with van der Waals surface area (Å²) in [6.45, 7) is 6.27. The third-order valence-electron chi connectivity index (χ3n) is 4.63. The number of piperidine rings is 1. The number of fused-ring (bicyclic) bond motifs is 1. The molecule has 1 aromatic rings. The molecule has 2 aliphatic rings. The summed E-state index contributed by atoms with van der Waals surface area (Å²) >= 11 is 0. The van der Waals surface area contributed by atoms with Gasteiger partial charge in [-0.15, -0.1) is 0 Å². The zero-order chi connectivity index (χ0) is 15.7. The van der Waals surface area contributed by atoms with Gasteiger partial charge in [-0.2, -0.15) is 0 Å². The van der Waals surface area contributed by atoms with E-state index >= 15 is 0 Å². The Balaban J connectivity index is 1.85. The number of rotatable bonds is 2. The minimum Gasteiger partial charge on any atom is -0.339 e. The van der Waals surface area contributed by atoms with Crippen LogP contribution >= 0.6 is 0 Å². The first-order valence-electron chi connectivity index (χ1n) is 8.31. The Kier molecular flexibility index (Phi) is 4.19. The number of hydrogen-bond donors (Lipinski definition) is 0. The molecule has 0 unspecified atom stereocenters. The van der Waals surface area contributed by atoms with Gasteiger partial charge in [-0.3, -0.25) is 9.59 Å². The van der Waals surface area contributed by atoms with Crippen LogP contribution in [0.15, 0.2) is 18.2 Å². The van der Waals surface area contributed by atoms with Crippen LogP contribution in [0.25, 0.3) is 0 Å². The fourth-order valence-electron chi connectivity index (χ4n) is 3.33. The predicted octanol–water partition coefficient (Wildman–Crippen LogP) is 2.86. The van der Waals surface area contributed by atoms with Crippen molar-refractivity contribution in [3.05, 3.63) is 29.3 Å². The van der Waals surface area contributed by atoms with E-state index in [1.807, 2.05) is 41.8 Å². The maximum Gasteiger partial charge on any atom is 0.253 e. The molecule has 0 bridgehead atoms. The van der Waals surface area contributed by atoms with Crippen molar-refractivity contribution in [2.75, 3.05) is 24.5 Å². The van der Waals surface area contributed by atoms with Crippen LogP contribution in [0.3, 0.4) is 0 Å². The molecule has 1 fully saturated rings. The molecule has 4 heteroatoms. The number of carbonyl (C=O) groups is 2. The first kappa shape index (κ1) is 15.1. The molecule has 0 spiro atoms. The number of carbonyl (C=O) groups excluding carboxylic acids is 2. The summed E-state index contributed by atoms with van der Waals surface area (Å²) in [6, 6.07) is 5.85. The first-order valence-corrected chi connectivity index (χ1v) is 8.31. The Morgan fingerprint density at radius 3 is 2.45 bits per heavy atom. The highest BCUT2D eigenvalue weighted by Gasteiger charge is 2.28. The van der Waals surface area contributed by atoms with Gasteiger partial charge in [-0.05, 0) is 43.4 Å². The number of likely N-dealkylation sites (tertiary alicyclic amines) is 1. The fourth-order valence-corrected chi connectivity index (χ4v) is 3.33. The Morgan fingerprint density at radius 2 is 1.77 bits per heavy atom. The van der Waals surface area contributed by atoms with E-state index in [0.717, 1.165) is 44.6 Å². The molecule has 0 N–H and O–H groups in total. The number of anilines is 1. The van der Waals surface area contributed by atoms with Gasteiger partial charge in [0.2, 0.25) is 5.91 Å². The van der Waals surface area contributed by atoms with Crippen LogP contribution in [-0.4, -0.2) is 36.3 Å². The third kappa shape index (κ3) is 2.74. The molecule has 1 aromatic carbocycles. The van der Waals surface area contributed by atoms with Crippen molar-refractivity contribution in [3.8, 4) is 0 Å². The second kappa shape index (κ2) is 6.11. The van der Waals surface area contributed by atoms with Crippen molar-refractivity contribution >= 4 is 17.5 Å².